The topological polar surface area (TPSA) is 26.0 Å². The molecule has 19 heavy (non-hydrogen) atoms. The fourth-order valence-electron chi connectivity index (χ4n) is 1.92. The quantitative estimate of drug-likeness (QED) is 0.883. The van der Waals surface area contributed by atoms with Gasteiger partial charge >= 0.3 is 0 Å². The van der Waals surface area contributed by atoms with E-state index in [0.717, 1.165) is 0 Å². The van der Waals surface area contributed by atoms with Crippen LogP contribution in [0.4, 0.5) is 0 Å². The van der Waals surface area contributed by atoms with Gasteiger partial charge in [-0.25, -0.2) is 0 Å². The van der Waals surface area contributed by atoms with Gasteiger partial charge in [0.2, 0.25) is 0 Å². The summed E-state index contributed by atoms with van der Waals surface area (Å²) in [6.07, 6.45) is 0. The van der Waals surface area contributed by atoms with Gasteiger partial charge in [-0.15, -0.1) is 0 Å². The first-order valence-corrected chi connectivity index (χ1v) is 7.39. The van der Waals surface area contributed by atoms with E-state index in [4.69, 9.17) is 5.73 Å². The molecule has 0 aromatic heterocycles. The van der Waals surface area contributed by atoms with E-state index in [1.807, 2.05) is 6.07 Å². The Labute approximate surface area is 120 Å². The molecule has 1 nitrogen and oxygen atoms in total. The van der Waals surface area contributed by atoms with Crippen LogP contribution in [0, 0.1) is 0 Å². The van der Waals surface area contributed by atoms with Crippen LogP contribution in [0.3, 0.4) is 0 Å². The Morgan fingerprint density at radius 2 is 1.58 bits per heavy atom. The number of nitrogens with two attached hydrogens (primary N) is 1. The third-order valence-electron chi connectivity index (χ3n) is 3.14. The highest BCUT2D eigenvalue weighted by Gasteiger charge is 2.13. The summed E-state index contributed by atoms with van der Waals surface area (Å²) in [5.41, 5.74) is 8.54. The Balaban J connectivity index is 2.20. The highest BCUT2D eigenvalue weighted by atomic mass is 32.2. The molecule has 0 amide bonds. The van der Waals surface area contributed by atoms with Crippen LogP contribution in [-0.2, 0) is 12.0 Å². The zero-order valence-electron chi connectivity index (χ0n) is 11.8. The van der Waals surface area contributed by atoms with Crippen molar-refractivity contribution >= 4 is 11.8 Å². The lowest BCUT2D eigenvalue weighted by atomic mass is 9.87. The predicted molar refractivity (Wildman–Crippen MR) is 83.6 cm³/mol. The average molecular weight is 271 g/mol. The molecule has 0 fully saturated rings. The van der Waals surface area contributed by atoms with Gasteiger partial charge in [-0.3, -0.25) is 0 Å². The van der Waals surface area contributed by atoms with Gasteiger partial charge in [0.05, 0.1) is 0 Å². The summed E-state index contributed by atoms with van der Waals surface area (Å²) >= 11 is 1.78. The molecule has 0 unspecified atom stereocenters. The molecule has 100 valence electrons. The number of rotatable bonds is 3. The van der Waals surface area contributed by atoms with Crippen molar-refractivity contribution in [2.75, 3.05) is 0 Å². The van der Waals surface area contributed by atoms with Gasteiger partial charge in [-0.1, -0.05) is 62.9 Å². The van der Waals surface area contributed by atoms with Crippen molar-refractivity contribution < 1.29 is 0 Å². The molecule has 0 aliphatic carbocycles. The van der Waals surface area contributed by atoms with E-state index in [-0.39, 0.29) is 5.41 Å². The maximum atomic E-state index is 5.77. The SMILES string of the molecule is CC(C)(C)c1ccc(Sc2ccccc2CN)cc1. The first-order valence-electron chi connectivity index (χ1n) is 6.57. The van der Waals surface area contributed by atoms with Gasteiger partial charge in [0.15, 0.2) is 0 Å². The summed E-state index contributed by atoms with van der Waals surface area (Å²) < 4.78 is 0. The molecule has 2 aromatic rings. The minimum atomic E-state index is 0.207. The van der Waals surface area contributed by atoms with Crippen molar-refractivity contribution in [1.82, 2.24) is 0 Å². The Morgan fingerprint density at radius 3 is 2.16 bits per heavy atom. The van der Waals surface area contributed by atoms with Crippen LogP contribution >= 0.6 is 11.8 Å². The smallest absolute Gasteiger partial charge is 0.0189 e. The summed E-state index contributed by atoms with van der Waals surface area (Å²) in [5.74, 6) is 0. The van der Waals surface area contributed by atoms with Crippen molar-refractivity contribution in [3.05, 3.63) is 59.7 Å². The summed E-state index contributed by atoms with van der Waals surface area (Å²) in [6, 6.07) is 17.1. The fourth-order valence-corrected chi connectivity index (χ4v) is 2.88. The molecule has 0 aliphatic heterocycles. The van der Waals surface area contributed by atoms with Crippen molar-refractivity contribution in [3.63, 3.8) is 0 Å². The zero-order valence-corrected chi connectivity index (χ0v) is 12.6. The highest BCUT2D eigenvalue weighted by molar-refractivity contribution is 7.99. The molecule has 0 atom stereocenters. The van der Waals surface area contributed by atoms with E-state index in [1.165, 1.54) is 20.9 Å². The van der Waals surface area contributed by atoms with Crippen LogP contribution in [0.2, 0.25) is 0 Å². The minimum Gasteiger partial charge on any atom is -0.326 e. The molecule has 0 radical (unpaired) electrons. The normalized spacial score (nSPS) is 11.6. The standard InChI is InChI=1S/C17H21NS/c1-17(2,3)14-8-10-15(11-9-14)19-16-7-5-4-6-13(16)12-18/h4-11H,12,18H2,1-3H3. The van der Waals surface area contributed by atoms with Crippen LogP contribution in [0.15, 0.2) is 58.3 Å². The molecule has 2 rings (SSSR count). The first kappa shape index (κ1) is 14.2. The third kappa shape index (κ3) is 3.62. The Morgan fingerprint density at radius 1 is 0.947 bits per heavy atom. The van der Waals surface area contributed by atoms with Crippen LogP contribution < -0.4 is 5.73 Å². The fraction of sp³-hybridized carbons (Fsp3) is 0.294. The molecule has 0 saturated carbocycles. The number of hydrogen-bond donors (Lipinski definition) is 1. The van der Waals surface area contributed by atoms with Crippen LogP contribution in [0.5, 0.6) is 0 Å². The van der Waals surface area contributed by atoms with Crippen molar-refractivity contribution in [2.24, 2.45) is 5.73 Å². The summed E-state index contributed by atoms with van der Waals surface area (Å²) in [5, 5.41) is 0. The maximum Gasteiger partial charge on any atom is 0.0189 e. The zero-order chi connectivity index (χ0) is 13.9. The highest BCUT2D eigenvalue weighted by Crippen LogP contribution is 2.32. The summed E-state index contributed by atoms with van der Waals surface area (Å²) in [4.78, 5) is 2.50. The van der Waals surface area contributed by atoms with Crippen molar-refractivity contribution in [3.8, 4) is 0 Å². The van der Waals surface area contributed by atoms with Gasteiger partial charge < -0.3 is 5.73 Å². The monoisotopic (exact) mass is 271 g/mol. The molecule has 2 N–H and O–H groups in total. The first-order chi connectivity index (χ1) is 9.00. The number of benzene rings is 2. The van der Waals surface area contributed by atoms with E-state index in [2.05, 4.69) is 63.2 Å². The van der Waals surface area contributed by atoms with Crippen molar-refractivity contribution in [1.29, 1.82) is 0 Å². The maximum absolute atomic E-state index is 5.77. The second kappa shape index (κ2) is 5.81. The molecular formula is C17H21NS. The molecule has 0 heterocycles. The average Bonchev–Trinajstić information content (AvgIpc) is 2.39. The van der Waals surface area contributed by atoms with E-state index in [1.54, 1.807) is 11.8 Å². The molecule has 2 heteroatoms. The van der Waals surface area contributed by atoms with Gasteiger partial charge in [0.1, 0.15) is 0 Å². The van der Waals surface area contributed by atoms with Gasteiger partial charge in [0, 0.05) is 16.3 Å². The number of hydrogen-bond acceptors (Lipinski definition) is 2. The lowest BCUT2D eigenvalue weighted by molar-refractivity contribution is 0.590. The lowest BCUT2D eigenvalue weighted by Gasteiger charge is -2.19. The summed E-state index contributed by atoms with van der Waals surface area (Å²) in [7, 11) is 0. The largest absolute Gasteiger partial charge is 0.326 e. The van der Waals surface area contributed by atoms with E-state index in [0.29, 0.717) is 6.54 Å². The third-order valence-corrected chi connectivity index (χ3v) is 4.27. The molecule has 2 aromatic carbocycles. The molecule has 0 spiro atoms. The Hall–Kier alpha value is -1.25. The van der Waals surface area contributed by atoms with Gasteiger partial charge in [0.25, 0.3) is 0 Å². The second-order valence-corrected chi connectivity index (χ2v) is 6.80. The minimum absolute atomic E-state index is 0.207. The summed E-state index contributed by atoms with van der Waals surface area (Å²) in [6.45, 7) is 7.29. The van der Waals surface area contributed by atoms with Crippen LogP contribution in [0.1, 0.15) is 31.9 Å². The predicted octanol–water partition coefficient (Wildman–Crippen LogP) is 4.59. The molecule has 0 aliphatic rings. The van der Waals surface area contributed by atoms with E-state index < -0.39 is 0 Å². The van der Waals surface area contributed by atoms with E-state index in [9.17, 15) is 0 Å². The van der Waals surface area contributed by atoms with Gasteiger partial charge in [-0.2, -0.15) is 0 Å². The Bertz CT molecular complexity index is 538. The van der Waals surface area contributed by atoms with Crippen LogP contribution in [0.25, 0.3) is 0 Å². The van der Waals surface area contributed by atoms with Crippen molar-refractivity contribution in [2.45, 2.75) is 42.5 Å². The Kier molecular flexibility index (Phi) is 4.33. The van der Waals surface area contributed by atoms with E-state index >= 15 is 0 Å². The molecular weight excluding hydrogens is 250 g/mol. The second-order valence-electron chi connectivity index (χ2n) is 5.69. The van der Waals surface area contributed by atoms with Gasteiger partial charge in [-0.05, 0) is 34.7 Å². The lowest BCUT2D eigenvalue weighted by Crippen LogP contribution is -2.10. The molecule has 0 bridgehead atoms. The molecule has 0 saturated heterocycles. The van der Waals surface area contributed by atoms with Crippen LogP contribution in [-0.4, -0.2) is 0 Å².